The highest BCUT2D eigenvalue weighted by atomic mass is 15.3. The van der Waals surface area contributed by atoms with Gasteiger partial charge in [-0.3, -0.25) is 4.99 Å². The van der Waals surface area contributed by atoms with Gasteiger partial charge in [-0.2, -0.15) is 0 Å². The zero-order chi connectivity index (χ0) is 18.4. The maximum absolute atomic E-state index is 4.48. The van der Waals surface area contributed by atoms with E-state index in [1.165, 1.54) is 0 Å². The lowest BCUT2D eigenvalue weighted by atomic mass is 10.2. The van der Waals surface area contributed by atoms with Crippen LogP contribution in [0.2, 0.25) is 0 Å². The van der Waals surface area contributed by atoms with Crippen LogP contribution in [-0.2, 0) is 19.6 Å². The minimum Gasteiger partial charge on any atom is -0.349 e. The summed E-state index contributed by atoms with van der Waals surface area (Å²) in [4.78, 5) is 14.2. The topological polar surface area (TPSA) is 87.0 Å². The number of hydrogen-bond acceptors (Lipinski definition) is 4. The number of aryl methyl sites for hydroxylation is 1. The Hall–Kier alpha value is -3.16. The van der Waals surface area contributed by atoms with Crippen LogP contribution in [0.15, 0.2) is 47.8 Å². The molecule has 0 atom stereocenters. The van der Waals surface area contributed by atoms with Gasteiger partial charge in [-0.05, 0) is 12.5 Å². The molecule has 0 aliphatic rings. The molecule has 8 heteroatoms. The zero-order valence-electron chi connectivity index (χ0n) is 15.3. The molecule has 3 aromatic rings. The van der Waals surface area contributed by atoms with Crippen molar-refractivity contribution in [2.75, 3.05) is 14.1 Å². The van der Waals surface area contributed by atoms with E-state index in [2.05, 4.69) is 49.5 Å². The third-order valence-corrected chi connectivity index (χ3v) is 4.11. The van der Waals surface area contributed by atoms with Gasteiger partial charge >= 0.3 is 0 Å². The van der Waals surface area contributed by atoms with E-state index < -0.39 is 0 Å². The maximum Gasteiger partial charge on any atom is 0.194 e. The van der Waals surface area contributed by atoms with Crippen molar-refractivity contribution in [2.24, 2.45) is 4.99 Å². The van der Waals surface area contributed by atoms with Crippen molar-refractivity contribution < 1.29 is 0 Å². The first-order chi connectivity index (χ1) is 12.7. The molecule has 3 rings (SSSR count). The Balaban J connectivity index is 1.61. The highest BCUT2D eigenvalue weighted by Crippen LogP contribution is 2.16. The van der Waals surface area contributed by atoms with E-state index in [9.17, 15) is 0 Å². The van der Waals surface area contributed by atoms with Crippen LogP contribution in [0.3, 0.4) is 0 Å². The fourth-order valence-corrected chi connectivity index (χ4v) is 2.73. The summed E-state index contributed by atoms with van der Waals surface area (Å²) in [6.07, 6.45) is 3.59. The van der Waals surface area contributed by atoms with E-state index in [4.69, 9.17) is 0 Å². The third kappa shape index (κ3) is 4.08. The summed E-state index contributed by atoms with van der Waals surface area (Å²) in [5, 5.41) is 11.4. The number of aromatic amines is 1. The van der Waals surface area contributed by atoms with Crippen LogP contribution in [-0.4, -0.2) is 49.7 Å². The van der Waals surface area contributed by atoms with Crippen molar-refractivity contribution in [1.82, 2.24) is 34.9 Å². The number of aliphatic imine (C=N–C) groups is 1. The average Bonchev–Trinajstić information content (AvgIpc) is 3.32. The van der Waals surface area contributed by atoms with Crippen molar-refractivity contribution >= 4 is 5.96 Å². The first-order valence-electron chi connectivity index (χ1n) is 8.59. The van der Waals surface area contributed by atoms with Crippen LogP contribution >= 0.6 is 0 Å². The number of nitrogens with zero attached hydrogens (tertiary/aromatic N) is 6. The molecule has 0 unspecified atom stereocenters. The number of guanidine groups is 1. The van der Waals surface area contributed by atoms with Gasteiger partial charge in [0.2, 0.25) is 0 Å². The Morgan fingerprint density at radius 3 is 2.85 bits per heavy atom. The first kappa shape index (κ1) is 17.7. The third-order valence-electron chi connectivity index (χ3n) is 4.11. The summed E-state index contributed by atoms with van der Waals surface area (Å²) in [6, 6.07) is 10.2. The molecule has 0 saturated heterocycles. The smallest absolute Gasteiger partial charge is 0.194 e. The largest absolute Gasteiger partial charge is 0.349 e. The molecule has 136 valence electrons. The Labute approximate surface area is 153 Å². The summed E-state index contributed by atoms with van der Waals surface area (Å²) in [7, 11) is 3.74. The molecule has 2 heterocycles. The van der Waals surface area contributed by atoms with E-state index in [1.54, 1.807) is 13.4 Å². The summed E-state index contributed by atoms with van der Waals surface area (Å²) >= 11 is 0. The lowest BCUT2D eigenvalue weighted by molar-refractivity contribution is 0.461. The zero-order valence-corrected chi connectivity index (χ0v) is 15.3. The number of benzene rings is 1. The van der Waals surface area contributed by atoms with Gasteiger partial charge in [0.25, 0.3) is 0 Å². The number of hydrogen-bond donors (Lipinski definition) is 2. The van der Waals surface area contributed by atoms with Crippen molar-refractivity contribution in [3.63, 3.8) is 0 Å². The van der Waals surface area contributed by atoms with Gasteiger partial charge in [0.15, 0.2) is 11.8 Å². The molecule has 0 spiro atoms. The minimum absolute atomic E-state index is 0.568. The Morgan fingerprint density at radius 1 is 1.31 bits per heavy atom. The SMILES string of the molecule is CCn1cnnc1CNC(=NC)N(C)Cc1ncc(-c2ccccc2)[nH]1. The molecule has 0 bridgehead atoms. The number of imidazole rings is 1. The van der Waals surface area contributed by atoms with Gasteiger partial charge in [0, 0.05) is 20.6 Å². The van der Waals surface area contributed by atoms with Gasteiger partial charge in [-0.15, -0.1) is 10.2 Å². The van der Waals surface area contributed by atoms with Crippen LogP contribution in [0.5, 0.6) is 0 Å². The van der Waals surface area contributed by atoms with Crippen LogP contribution in [0.1, 0.15) is 18.6 Å². The summed E-state index contributed by atoms with van der Waals surface area (Å²) < 4.78 is 2.00. The van der Waals surface area contributed by atoms with Crippen molar-refractivity contribution in [1.29, 1.82) is 0 Å². The number of rotatable bonds is 6. The van der Waals surface area contributed by atoms with E-state index >= 15 is 0 Å². The summed E-state index contributed by atoms with van der Waals surface area (Å²) in [6.45, 7) is 4.09. The molecule has 0 fully saturated rings. The molecule has 8 nitrogen and oxygen atoms in total. The van der Waals surface area contributed by atoms with Crippen LogP contribution in [0.4, 0.5) is 0 Å². The highest BCUT2D eigenvalue weighted by molar-refractivity contribution is 5.79. The van der Waals surface area contributed by atoms with Gasteiger partial charge in [0.1, 0.15) is 12.2 Å². The molecular weight excluding hydrogens is 328 g/mol. The average molecular weight is 352 g/mol. The predicted octanol–water partition coefficient (Wildman–Crippen LogP) is 1.90. The first-order valence-corrected chi connectivity index (χ1v) is 8.59. The number of nitrogens with one attached hydrogen (secondary N) is 2. The Morgan fingerprint density at radius 2 is 2.12 bits per heavy atom. The van der Waals surface area contributed by atoms with Crippen LogP contribution in [0, 0.1) is 0 Å². The molecule has 26 heavy (non-hydrogen) atoms. The molecular formula is C18H24N8. The lowest BCUT2D eigenvalue weighted by Gasteiger charge is -2.21. The number of H-pyrrole nitrogens is 1. The second-order valence-electron chi connectivity index (χ2n) is 5.90. The molecule has 0 radical (unpaired) electrons. The molecule has 0 aliphatic heterocycles. The van der Waals surface area contributed by atoms with Crippen molar-refractivity contribution in [2.45, 2.75) is 26.6 Å². The quantitative estimate of drug-likeness (QED) is 0.523. The van der Waals surface area contributed by atoms with E-state index in [-0.39, 0.29) is 0 Å². The monoisotopic (exact) mass is 352 g/mol. The fourth-order valence-electron chi connectivity index (χ4n) is 2.73. The van der Waals surface area contributed by atoms with Crippen LogP contribution < -0.4 is 5.32 Å². The molecule has 0 amide bonds. The van der Waals surface area contributed by atoms with Crippen molar-refractivity contribution in [3.05, 3.63) is 54.5 Å². The Bertz CT molecular complexity index is 849. The highest BCUT2D eigenvalue weighted by Gasteiger charge is 2.11. The minimum atomic E-state index is 0.568. The summed E-state index contributed by atoms with van der Waals surface area (Å²) in [5.41, 5.74) is 2.13. The summed E-state index contributed by atoms with van der Waals surface area (Å²) in [5.74, 6) is 2.53. The van der Waals surface area contributed by atoms with E-state index in [1.807, 2.05) is 40.9 Å². The van der Waals surface area contributed by atoms with E-state index in [0.717, 1.165) is 35.4 Å². The van der Waals surface area contributed by atoms with Crippen molar-refractivity contribution in [3.8, 4) is 11.3 Å². The predicted molar refractivity (Wildman–Crippen MR) is 101 cm³/mol. The van der Waals surface area contributed by atoms with Gasteiger partial charge in [0.05, 0.1) is 25.0 Å². The van der Waals surface area contributed by atoms with Gasteiger partial charge in [-0.1, -0.05) is 30.3 Å². The normalized spacial score (nSPS) is 11.6. The molecule has 0 saturated carbocycles. The lowest BCUT2D eigenvalue weighted by Crippen LogP contribution is -2.38. The van der Waals surface area contributed by atoms with Gasteiger partial charge < -0.3 is 19.8 Å². The Kier molecular flexibility index (Phi) is 5.62. The molecule has 2 N–H and O–H groups in total. The number of aromatic nitrogens is 5. The second-order valence-corrected chi connectivity index (χ2v) is 5.90. The van der Waals surface area contributed by atoms with Gasteiger partial charge in [-0.25, -0.2) is 4.98 Å². The maximum atomic E-state index is 4.48. The molecule has 1 aromatic carbocycles. The molecule has 0 aliphatic carbocycles. The van der Waals surface area contributed by atoms with E-state index in [0.29, 0.717) is 13.1 Å². The standard InChI is InChI=1S/C18H24N8/c1-4-26-13-22-24-17(26)11-21-18(19-2)25(3)12-16-20-10-15(23-16)14-8-6-5-7-9-14/h5-10,13H,4,11-12H2,1-3H3,(H,19,21)(H,20,23). The molecule has 2 aromatic heterocycles. The fraction of sp³-hybridized carbons (Fsp3) is 0.333. The van der Waals surface area contributed by atoms with Crippen LogP contribution in [0.25, 0.3) is 11.3 Å². The second kappa shape index (κ2) is 8.28.